The molecule has 0 radical (unpaired) electrons. The van der Waals surface area contributed by atoms with E-state index >= 15 is 0 Å². The second kappa shape index (κ2) is 11.3. The van der Waals surface area contributed by atoms with Crippen LogP contribution in [0.2, 0.25) is 5.02 Å². The van der Waals surface area contributed by atoms with Crippen molar-refractivity contribution in [1.82, 2.24) is 19.1 Å². The number of ether oxygens (including phenoxy) is 1. The van der Waals surface area contributed by atoms with Crippen LogP contribution in [-0.2, 0) is 16.1 Å². The van der Waals surface area contributed by atoms with E-state index in [4.69, 9.17) is 16.3 Å². The van der Waals surface area contributed by atoms with Crippen molar-refractivity contribution >= 4 is 28.9 Å². The van der Waals surface area contributed by atoms with Crippen LogP contribution >= 0.6 is 11.6 Å². The van der Waals surface area contributed by atoms with Gasteiger partial charge in [0.2, 0.25) is 0 Å². The Morgan fingerprint density at radius 1 is 1.18 bits per heavy atom. The molecule has 8 nitrogen and oxygen atoms in total. The second-order valence-corrected chi connectivity index (χ2v) is 8.37. The van der Waals surface area contributed by atoms with Crippen LogP contribution in [0.3, 0.4) is 0 Å². The molecule has 1 aromatic carbocycles. The number of carbonyl (C=O) groups excluding carboxylic acids is 1. The van der Waals surface area contributed by atoms with E-state index in [9.17, 15) is 9.59 Å². The highest BCUT2D eigenvalue weighted by Gasteiger charge is 2.33. The van der Waals surface area contributed by atoms with Gasteiger partial charge in [-0.15, -0.1) is 5.10 Å². The van der Waals surface area contributed by atoms with Crippen molar-refractivity contribution in [2.45, 2.75) is 39.8 Å². The maximum absolute atomic E-state index is 12.8. The number of esters is 1. The monoisotopic (exact) mass is 473 g/mol. The summed E-state index contributed by atoms with van der Waals surface area (Å²) in [5.41, 5.74) is 1.49. The van der Waals surface area contributed by atoms with Gasteiger partial charge in [0.15, 0.2) is 5.65 Å². The fourth-order valence-corrected chi connectivity index (χ4v) is 4.24. The van der Waals surface area contributed by atoms with Gasteiger partial charge in [-0.1, -0.05) is 38.1 Å². The molecule has 9 heteroatoms. The quantitative estimate of drug-likeness (QED) is 0.467. The zero-order valence-corrected chi connectivity index (χ0v) is 18.9. The van der Waals surface area contributed by atoms with Crippen molar-refractivity contribution < 1.29 is 9.53 Å². The fourth-order valence-electron chi connectivity index (χ4n) is 4.06. The number of fused-ring (bicyclic) bond motifs is 1. The number of hydrogen-bond donors (Lipinski definition) is 0. The molecule has 0 saturated carbocycles. The van der Waals surface area contributed by atoms with Crippen molar-refractivity contribution in [3.8, 4) is 0 Å². The number of halogens is 1. The van der Waals surface area contributed by atoms with Gasteiger partial charge in [-0.05, 0) is 43.2 Å². The second-order valence-electron chi connectivity index (χ2n) is 7.93. The lowest BCUT2D eigenvalue weighted by molar-refractivity contribution is -0.150. The fraction of sp³-hybridized carbons (Fsp3) is 0.458. The van der Waals surface area contributed by atoms with Crippen LogP contribution in [0.1, 0.15) is 27.2 Å². The molecule has 1 atom stereocenters. The maximum atomic E-state index is 12.8. The smallest absolute Gasteiger partial charge is 0.350 e. The molecule has 33 heavy (non-hydrogen) atoms. The highest BCUT2D eigenvalue weighted by molar-refractivity contribution is 6.30. The number of aryl methyl sites for hydroxylation is 1. The van der Waals surface area contributed by atoms with E-state index < -0.39 is 0 Å². The molecule has 1 aliphatic rings. The van der Waals surface area contributed by atoms with Gasteiger partial charge >= 0.3 is 11.7 Å². The lowest BCUT2D eigenvalue weighted by Gasteiger charge is -2.41. The summed E-state index contributed by atoms with van der Waals surface area (Å²) in [6.45, 7) is 5.61. The van der Waals surface area contributed by atoms with Crippen molar-refractivity contribution in [3.05, 3.63) is 64.2 Å². The molecule has 0 aliphatic carbocycles. The summed E-state index contributed by atoms with van der Waals surface area (Å²) < 4.78 is 8.51. The first-order chi connectivity index (χ1) is 15.6. The van der Waals surface area contributed by atoms with E-state index in [1.165, 1.54) is 9.08 Å². The first kappa shape index (κ1) is 24.8. The lowest BCUT2D eigenvalue weighted by atomic mass is 10.1. The first-order valence-corrected chi connectivity index (χ1v) is 11.4. The molecular weight excluding hydrogens is 442 g/mol. The van der Waals surface area contributed by atoms with Crippen LogP contribution in [0.25, 0.3) is 5.65 Å². The van der Waals surface area contributed by atoms with E-state index in [-0.39, 0.29) is 25.1 Å². The third kappa shape index (κ3) is 5.75. The van der Waals surface area contributed by atoms with Gasteiger partial charge < -0.3 is 9.64 Å². The van der Waals surface area contributed by atoms with Crippen molar-refractivity contribution in [2.24, 2.45) is 0 Å². The topological polar surface area (TPSA) is 72.1 Å². The van der Waals surface area contributed by atoms with E-state index in [2.05, 4.69) is 14.9 Å². The average molecular weight is 474 g/mol. The Morgan fingerprint density at radius 2 is 2.03 bits per heavy atom. The number of aromatic nitrogens is 3. The van der Waals surface area contributed by atoms with Crippen molar-refractivity contribution in [3.63, 3.8) is 0 Å². The summed E-state index contributed by atoms with van der Waals surface area (Å²) in [5.74, 6) is -0.205. The zero-order chi connectivity index (χ0) is 22.5. The summed E-state index contributed by atoms with van der Waals surface area (Å²) in [4.78, 5) is 29.6. The Labute approximate surface area is 199 Å². The molecule has 178 valence electrons. The molecule has 0 bridgehead atoms. The number of hydrogen-bond acceptors (Lipinski definition) is 6. The van der Waals surface area contributed by atoms with Crippen LogP contribution in [0.15, 0.2) is 53.5 Å². The third-order valence-electron chi connectivity index (χ3n) is 5.69. The number of pyridine rings is 1. The molecule has 0 N–H and O–H groups in total. The Hall–Kier alpha value is -2.84. The number of benzene rings is 1. The van der Waals surface area contributed by atoms with E-state index in [0.29, 0.717) is 43.3 Å². The minimum Gasteiger partial charge on any atom is -0.464 e. The summed E-state index contributed by atoms with van der Waals surface area (Å²) in [7, 11) is 0. The predicted molar refractivity (Wildman–Crippen MR) is 131 cm³/mol. The normalized spacial score (nSPS) is 16.5. The van der Waals surface area contributed by atoms with Crippen LogP contribution in [-0.4, -0.2) is 63.9 Å². The predicted octanol–water partition coefficient (Wildman–Crippen LogP) is 3.32. The molecule has 3 heterocycles. The van der Waals surface area contributed by atoms with E-state index in [0.717, 1.165) is 25.2 Å². The number of carbonyl (C=O) groups is 1. The Kier molecular flexibility index (Phi) is 8.52. The summed E-state index contributed by atoms with van der Waals surface area (Å²) in [5, 5.41) is 5.06. The summed E-state index contributed by atoms with van der Waals surface area (Å²) in [6, 6.07) is 12.8. The molecule has 1 fully saturated rings. The average Bonchev–Trinajstić information content (AvgIpc) is 3.13. The Bertz CT molecular complexity index is 1130. The van der Waals surface area contributed by atoms with Gasteiger partial charge in [0.25, 0.3) is 0 Å². The molecule has 0 spiro atoms. The van der Waals surface area contributed by atoms with Crippen molar-refractivity contribution in [1.29, 1.82) is 0 Å². The van der Waals surface area contributed by atoms with Crippen LogP contribution in [0.5, 0.6) is 0 Å². The van der Waals surface area contributed by atoms with E-state index in [1.54, 1.807) is 6.20 Å². The number of piperazine rings is 1. The lowest BCUT2D eigenvalue weighted by Crippen LogP contribution is -2.57. The maximum Gasteiger partial charge on any atom is 0.350 e. The highest BCUT2D eigenvalue weighted by Crippen LogP contribution is 2.23. The molecule has 0 amide bonds. The van der Waals surface area contributed by atoms with Gasteiger partial charge in [-0.3, -0.25) is 14.1 Å². The molecule has 3 aromatic rings. The highest BCUT2D eigenvalue weighted by atomic mass is 35.5. The molecule has 1 unspecified atom stereocenters. The van der Waals surface area contributed by atoms with Crippen LogP contribution in [0.4, 0.5) is 5.69 Å². The number of anilines is 1. The SMILES string of the molecule is C.CCCOC(=O)C1CN(c2cccc(Cl)c2)CCN1CCCn1nc2ccccn2c1=O. The van der Waals surface area contributed by atoms with E-state index in [1.807, 2.05) is 49.4 Å². The Balaban J connectivity index is 0.00000306. The standard InChI is InChI=1S/C23H28ClN5O3.CH4/c1-2-15-32-22(30)20-17-27(19-8-5-7-18(24)16-19)14-13-26(20)10-6-12-29-23(31)28-11-4-3-9-21(28)25-29;/h3-5,7-9,11,16,20H,2,6,10,12-15,17H2,1H3;1H4. The third-order valence-corrected chi connectivity index (χ3v) is 5.92. The first-order valence-electron chi connectivity index (χ1n) is 11.0. The minimum absolute atomic E-state index is 0. The molecular formula is C24H32ClN5O3. The Morgan fingerprint density at radius 3 is 2.79 bits per heavy atom. The molecule has 2 aromatic heterocycles. The van der Waals surface area contributed by atoms with Crippen LogP contribution in [0, 0.1) is 0 Å². The van der Waals surface area contributed by atoms with Gasteiger partial charge in [-0.2, -0.15) is 0 Å². The zero-order valence-electron chi connectivity index (χ0n) is 18.2. The summed E-state index contributed by atoms with van der Waals surface area (Å²) in [6.07, 6.45) is 3.21. The molecule has 1 saturated heterocycles. The molecule has 1 aliphatic heterocycles. The minimum atomic E-state index is -0.368. The number of nitrogens with zero attached hydrogens (tertiary/aromatic N) is 5. The van der Waals surface area contributed by atoms with Crippen LogP contribution < -0.4 is 10.6 Å². The number of rotatable bonds is 8. The largest absolute Gasteiger partial charge is 0.464 e. The van der Waals surface area contributed by atoms with Gasteiger partial charge in [0, 0.05) is 49.6 Å². The molecule has 4 rings (SSSR count). The van der Waals surface area contributed by atoms with Gasteiger partial charge in [0.1, 0.15) is 6.04 Å². The van der Waals surface area contributed by atoms with Gasteiger partial charge in [-0.25, -0.2) is 9.48 Å². The summed E-state index contributed by atoms with van der Waals surface area (Å²) >= 11 is 6.16. The van der Waals surface area contributed by atoms with Crippen molar-refractivity contribution in [2.75, 3.05) is 37.7 Å². The van der Waals surface area contributed by atoms with Gasteiger partial charge in [0.05, 0.1) is 6.61 Å².